The molecule has 0 aromatic heterocycles. The number of benzene rings is 1. The monoisotopic (exact) mass is 622 g/mol. The van der Waals surface area contributed by atoms with Gasteiger partial charge in [-0.15, -0.1) is 0 Å². The number of rotatable bonds is 15. The summed E-state index contributed by atoms with van der Waals surface area (Å²) in [5.74, 6) is -11.2. The molecular weight excluding hydrogens is 584 g/mol. The molecule has 2 heterocycles. The van der Waals surface area contributed by atoms with E-state index in [1.807, 2.05) is 37.3 Å². The lowest BCUT2D eigenvalue weighted by atomic mass is 9.74. The number of aliphatic carboxylic acids is 3. The van der Waals surface area contributed by atoms with Crippen molar-refractivity contribution in [1.29, 1.82) is 0 Å². The van der Waals surface area contributed by atoms with E-state index in [0.717, 1.165) is 5.56 Å². The fraction of sp³-hybridized carbons (Fsp3) is 0.567. The zero-order chi connectivity index (χ0) is 33.0. The third kappa shape index (κ3) is 6.07. The summed E-state index contributed by atoms with van der Waals surface area (Å²) in [6.45, 7) is 9.03. The Balaban J connectivity index is 2.03. The van der Waals surface area contributed by atoms with Crippen molar-refractivity contribution in [2.24, 2.45) is 5.92 Å². The fourth-order valence-electron chi connectivity index (χ4n) is 5.75. The molecule has 0 aliphatic carbocycles. The summed E-state index contributed by atoms with van der Waals surface area (Å²) >= 11 is 0. The van der Waals surface area contributed by atoms with Crippen LogP contribution in [-0.2, 0) is 49.3 Å². The van der Waals surface area contributed by atoms with Gasteiger partial charge in [0.05, 0.1) is 0 Å². The van der Waals surface area contributed by atoms with Crippen molar-refractivity contribution in [1.82, 2.24) is 0 Å². The van der Waals surface area contributed by atoms with Gasteiger partial charge in [0.15, 0.2) is 6.10 Å². The molecule has 1 aromatic rings. The summed E-state index contributed by atoms with van der Waals surface area (Å²) in [7, 11) is 0. The van der Waals surface area contributed by atoms with E-state index in [-0.39, 0.29) is 37.2 Å². The number of ether oxygens (including phenoxy) is 4. The van der Waals surface area contributed by atoms with Crippen molar-refractivity contribution in [3.63, 3.8) is 0 Å². The molecule has 2 aliphatic rings. The molecule has 14 heteroatoms. The third-order valence-corrected chi connectivity index (χ3v) is 7.98. The van der Waals surface area contributed by atoms with Crippen LogP contribution in [0.1, 0.15) is 58.4 Å². The second kappa shape index (κ2) is 13.4. The molecule has 2 aliphatic heterocycles. The molecule has 14 nitrogen and oxygen atoms in total. The molecule has 2 fully saturated rings. The third-order valence-electron chi connectivity index (χ3n) is 7.98. The summed E-state index contributed by atoms with van der Waals surface area (Å²) < 4.78 is 21.9. The van der Waals surface area contributed by atoms with Crippen LogP contribution in [0.25, 0.3) is 0 Å². The number of carbonyl (C=O) groups is 5. The van der Waals surface area contributed by atoms with Crippen molar-refractivity contribution < 1.29 is 68.5 Å². The van der Waals surface area contributed by atoms with E-state index in [2.05, 4.69) is 6.58 Å². The van der Waals surface area contributed by atoms with Gasteiger partial charge < -0.3 is 44.5 Å². The predicted molar refractivity (Wildman–Crippen MR) is 148 cm³/mol. The van der Waals surface area contributed by atoms with Crippen molar-refractivity contribution >= 4 is 29.8 Å². The quantitative estimate of drug-likeness (QED) is 0.138. The second-order valence-electron chi connectivity index (χ2n) is 11.1. The first-order chi connectivity index (χ1) is 20.6. The molecule has 0 radical (unpaired) electrons. The molecule has 3 rings (SSSR count). The van der Waals surface area contributed by atoms with Gasteiger partial charge in [-0.3, -0.25) is 9.59 Å². The second-order valence-corrected chi connectivity index (χ2v) is 11.1. The normalized spacial score (nSPS) is 30.5. The Hall–Kier alpha value is -3.85. The van der Waals surface area contributed by atoms with Gasteiger partial charge in [0.25, 0.3) is 0 Å². The molecule has 1 aromatic carbocycles. The molecule has 0 saturated carbocycles. The lowest BCUT2D eigenvalue weighted by Crippen LogP contribution is -2.78. The van der Waals surface area contributed by atoms with E-state index in [9.17, 15) is 49.5 Å². The Morgan fingerprint density at radius 1 is 1.00 bits per heavy atom. The topological polar surface area (TPSA) is 223 Å². The number of hydrogen-bond acceptors (Lipinski definition) is 11. The van der Waals surface area contributed by atoms with Gasteiger partial charge in [0, 0.05) is 25.2 Å². The zero-order valence-corrected chi connectivity index (χ0v) is 24.6. The van der Waals surface area contributed by atoms with E-state index >= 15 is 0 Å². The van der Waals surface area contributed by atoms with E-state index in [1.54, 1.807) is 13.8 Å². The molecule has 2 bridgehead atoms. The zero-order valence-electron chi connectivity index (χ0n) is 24.6. The van der Waals surface area contributed by atoms with Gasteiger partial charge in [-0.05, 0) is 30.4 Å². The van der Waals surface area contributed by atoms with Crippen LogP contribution < -0.4 is 0 Å². The summed E-state index contributed by atoms with van der Waals surface area (Å²) in [5.41, 5.74) is -6.15. The maximum Gasteiger partial charge on any atom is 0.344 e. The highest BCUT2D eigenvalue weighted by atomic mass is 16.8. The number of carbonyl (C=O) groups excluding carboxylic acids is 2. The van der Waals surface area contributed by atoms with Crippen LogP contribution in [-0.4, -0.2) is 96.8 Å². The van der Waals surface area contributed by atoms with Crippen LogP contribution in [0.3, 0.4) is 0 Å². The molecular formula is C30H38O14. The number of aliphatic hydroxyl groups is 2. The van der Waals surface area contributed by atoms with Crippen LogP contribution in [0.2, 0.25) is 0 Å². The molecule has 8 atom stereocenters. The molecule has 2 saturated heterocycles. The SMILES string of the molecule is C=C(CC[C@@]12O[C@H](C(=O)O)[C@@](O)(C(=O)O)[C@@](C(=O)O)(O1)[C@H](OC(=O)CCC)[C@H]2O)C(OC(=O)CC)C(C)Cc1ccccc1. The lowest BCUT2D eigenvalue weighted by Gasteiger charge is -2.48. The Kier molecular flexibility index (Phi) is 10.6. The highest BCUT2D eigenvalue weighted by Gasteiger charge is 2.85. The fourth-order valence-corrected chi connectivity index (χ4v) is 5.75. The number of carboxylic acids is 3. The van der Waals surface area contributed by atoms with E-state index < -0.39 is 77.7 Å². The van der Waals surface area contributed by atoms with Crippen LogP contribution in [0, 0.1) is 5.92 Å². The van der Waals surface area contributed by atoms with Crippen LogP contribution in [0.15, 0.2) is 42.5 Å². The summed E-state index contributed by atoms with van der Waals surface area (Å²) in [4.78, 5) is 62.1. The predicted octanol–water partition coefficient (Wildman–Crippen LogP) is 1.45. The van der Waals surface area contributed by atoms with Crippen LogP contribution in [0.5, 0.6) is 0 Å². The maximum absolute atomic E-state index is 12.7. The number of esters is 2. The van der Waals surface area contributed by atoms with Crippen molar-refractivity contribution in [2.45, 2.75) is 101 Å². The van der Waals surface area contributed by atoms with Crippen LogP contribution >= 0.6 is 0 Å². The molecule has 0 amide bonds. The Bertz CT molecular complexity index is 1280. The molecule has 5 N–H and O–H groups in total. The van der Waals surface area contributed by atoms with Gasteiger partial charge in [-0.25, -0.2) is 14.4 Å². The highest BCUT2D eigenvalue weighted by Crippen LogP contribution is 2.56. The van der Waals surface area contributed by atoms with E-state index in [0.29, 0.717) is 6.42 Å². The first-order valence-electron chi connectivity index (χ1n) is 14.2. The minimum atomic E-state index is -3.86. The lowest BCUT2D eigenvalue weighted by molar-refractivity contribution is -0.374. The highest BCUT2D eigenvalue weighted by molar-refractivity contribution is 5.98. The van der Waals surface area contributed by atoms with E-state index in [1.165, 1.54) is 0 Å². The number of hydrogen-bond donors (Lipinski definition) is 5. The first-order valence-corrected chi connectivity index (χ1v) is 14.2. The minimum Gasteiger partial charge on any atom is -0.479 e. The Morgan fingerprint density at radius 2 is 1.64 bits per heavy atom. The van der Waals surface area contributed by atoms with Crippen LogP contribution in [0.4, 0.5) is 0 Å². The van der Waals surface area contributed by atoms with Gasteiger partial charge >= 0.3 is 29.8 Å². The Labute approximate surface area is 253 Å². The van der Waals surface area contributed by atoms with Crippen molar-refractivity contribution in [3.8, 4) is 0 Å². The smallest absolute Gasteiger partial charge is 0.344 e. The molecule has 242 valence electrons. The van der Waals surface area contributed by atoms with E-state index in [4.69, 9.17) is 18.9 Å². The Morgan fingerprint density at radius 3 is 2.16 bits per heavy atom. The number of aliphatic hydroxyl groups excluding tert-OH is 1. The maximum atomic E-state index is 12.7. The average molecular weight is 623 g/mol. The van der Waals surface area contributed by atoms with Gasteiger partial charge in [0.2, 0.25) is 23.1 Å². The van der Waals surface area contributed by atoms with Crippen molar-refractivity contribution in [2.75, 3.05) is 0 Å². The molecule has 0 spiro atoms. The number of carboxylic acid groups (broad SMARTS) is 3. The van der Waals surface area contributed by atoms with Crippen molar-refractivity contribution in [3.05, 3.63) is 48.0 Å². The minimum absolute atomic E-state index is 0.0523. The molecule has 44 heavy (non-hydrogen) atoms. The standard InChI is InChI=1S/C30H38O14/c1-5-10-20(32)42-23-22(33)28(43-24(25(34)35)29(40,26(36)37)30(23,44-28)27(38)39)14-13-16(3)21(41-19(31)6-2)17(4)15-18-11-8-7-9-12-18/h7-9,11-12,17,21-24,33,40H,3,5-6,10,13-15H2,1-2,4H3,(H,34,35)(H,36,37)(H,38,39)/t17?,21?,22-,23-,24-,28-,29-,30-/m1/s1. The first kappa shape index (κ1) is 34.6. The molecule has 2 unspecified atom stereocenters. The summed E-state index contributed by atoms with van der Waals surface area (Å²) in [6.07, 6.45) is -8.66. The average Bonchev–Trinajstić information content (AvgIpc) is 3.18. The van der Waals surface area contributed by atoms with Gasteiger partial charge in [-0.1, -0.05) is 57.7 Å². The summed E-state index contributed by atoms with van der Waals surface area (Å²) in [6, 6.07) is 9.31. The largest absolute Gasteiger partial charge is 0.479 e. The number of fused-ring (bicyclic) bond motifs is 2. The van der Waals surface area contributed by atoms with Gasteiger partial charge in [-0.2, -0.15) is 0 Å². The summed E-state index contributed by atoms with van der Waals surface area (Å²) in [5, 5.41) is 52.7. The van der Waals surface area contributed by atoms with Gasteiger partial charge in [0.1, 0.15) is 12.2 Å².